The van der Waals surface area contributed by atoms with E-state index < -0.39 is 16.1 Å². The lowest BCUT2D eigenvalue weighted by Gasteiger charge is -2.33. The number of nitrogens with zero attached hydrogens (tertiary/aromatic N) is 4. The first-order valence-corrected chi connectivity index (χ1v) is 9.51. The second kappa shape index (κ2) is 8.52. The highest BCUT2D eigenvalue weighted by Crippen LogP contribution is 2.14. The number of carbonyl (C=O) groups is 1. The van der Waals surface area contributed by atoms with E-state index in [0.29, 0.717) is 44.1 Å². The average Bonchev–Trinajstić information content (AvgIpc) is 2.59. The van der Waals surface area contributed by atoms with Crippen LogP contribution in [0.1, 0.15) is 12.0 Å². The van der Waals surface area contributed by atoms with Gasteiger partial charge in [-0.05, 0) is 31.5 Å². The van der Waals surface area contributed by atoms with Crippen LogP contribution in [0, 0.1) is 0 Å². The summed E-state index contributed by atoms with van der Waals surface area (Å²) < 4.78 is 26.6. The number of carbonyl (C=O) groups excluding carboxylic acids is 1. The molecule has 24 heavy (non-hydrogen) atoms. The van der Waals surface area contributed by atoms with Gasteiger partial charge in [-0.1, -0.05) is 6.07 Å². The Morgan fingerprint density at radius 1 is 1.38 bits per heavy atom. The maximum Gasteiger partial charge on any atom is 0.233 e. The minimum atomic E-state index is -3.53. The van der Waals surface area contributed by atoms with Crippen molar-refractivity contribution in [1.82, 2.24) is 19.3 Å². The third kappa shape index (κ3) is 5.23. The minimum absolute atomic E-state index is 0.257. The van der Waals surface area contributed by atoms with Gasteiger partial charge in [-0.25, -0.2) is 13.5 Å². The number of rotatable bonds is 8. The van der Waals surface area contributed by atoms with E-state index in [-0.39, 0.29) is 12.2 Å². The number of hydrogen-bond acceptors (Lipinski definition) is 6. The van der Waals surface area contributed by atoms with Gasteiger partial charge in [-0.2, -0.15) is 4.31 Å². The van der Waals surface area contributed by atoms with Gasteiger partial charge < -0.3 is 4.90 Å². The molecule has 0 radical (unpaired) electrons. The number of aromatic nitrogens is 1. The van der Waals surface area contributed by atoms with Crippen molar-refractivity contribution < 1.29 is 18.4 Å². The summed E-state index contributed by atoms with van der Waals surface area (Å²) in [5, 5.41) is 10.2. The molecule has 134 valence electrons. The maximum atomic E-state index is 12.6. The molecular weight excluding hydrogens is 332 g/mol. The van der Waals surface area contributed by atoms with Gasteiger partial charge in [-0.15, -0.1) is 0 Å². The topological polar surface area (TPSA) is 94.1 Å². The second-order valence-corrected chi connectivity index (χ2v) is 8.03. The van der Waals surface area contributed by atoms with Gasteiger partial charge in [0.1, 0.15) is 0 Å². The molecule has 1 amide bonds. The van der Waals surface area contributed by atoms with Crippen molar-refractivity contribution in [1.29, 1.82) is 0 Å². The number of sulfonamides is 1. The van der Waals surface area contributed by atoms with Crippen LogP contribution in [0.25, 0.3) is 0 Å². The molecule has 2 rings (SSSR count). The molecule has 1 aromatic heterocycles. The molecule has 1 saturated heterocycles. The Morgan fingerprint density at radius 3 is 2.67 bits per heavy atom. The molecule has 0 saturated carbocycles. The molecule has 1 N–H and O–H groups in total. The first-order chi connectivity index (χ1) is 11.4. The summed E-state index contributed by atoms with van der Waals surface area (Å²) >= 11 is 0. The van der Waals surface area contributed by atoms with Crippen LogP contribution in [0.15, 0.2) is 24.5 Å². The average molecular weight is 356 g/mol. The molecule has 1 unspecified atom stereocenters. The molecule has 1 fully saturated rings. The predicted octanol–water partition coefficient (Wildman–Crippen LogP) is -0.192. The lowest BCUT2D eigenvalue weighted by molar-refractivity contribution is -0.158. The van der Waals surface area contributed by atoms with Crippen LogP contribution in [-0.2, 0) is 21.2 Å². The number of hydrogen-bond donors (Lipinski definition) is 1. The Labute approximate surface area is 142 Å². The Balaban J connectivity index is 2.00. The number of aryl methyl sites for hydroxylation is 1. The Hall–Kier alpha value is -1.55. The minimum Gasteiger partial charge on any atom is -0.304 e. The molecule has 1 aromatic rings. The van der Waals surface area contributed by atoms with Crippen molar-refractivity contribution >= 4 is 16.4 Å². The third-order valence-electron chi connectivity index (χ3n) is 4.23. The summed E-state index contributed by atoms with van der Waals surface area (Å²) in [4.78, 5) is 17.0. The lowest BCUT2D eigenvalue weighted by Crippen LogP contribution is -2.50. The maximum absolute atomic E-state index is 12.6. The highest BCUT2D eigenvalue weighted by Gasteiger charge is 2.30. The zero-order valence-corrected chi connectivity index (χ0v) is 14.6. The molecule has 8 nitrogen and oxygen atoms in total. The van der Waals surface area contributed by atoms with Gasteiger partial charge in [-0.3, -0.25) is 15.0 Å². The monoisotopic (exact) mass is 356 g/mol. The van der Waals surface area contributed by atoms with Crippen molar-refractivity contribution in [3.8, 4) is 0 Å². The predicted molar refractivity (Wildman–Crippen MR) is 88.9 cm³/mol. The van der Waals surface area contributed by atoms with Gasteiger partial charge >= 0.3 is 0 Å². The van der Waals surface area contributed by atoms with Crippen molar-refractivity contribution in [3.05, 3.63) is 30.1 Å². The third-order valence-corrected chi connectivity index (χ3v) is 6.19. The first-order valence-electron chi connectivity index (χ1n) is 7.90. The molecule has 1 aliphatic rings. The Bertz CT molecular complexity index is 618. The van der Waals surface area contributed by atoms with Crippen molar-refractivity contribution in [2.45, 2.75) is 18.9 Å². The summed E-state index contributed by atoms with van der Waals surface area (Å²) in [5.41, 5.74) is 0.929. The number of piperazine rings is 1. The van der Waals surface area contributed by atoms with E-state index in [1.54, 1.807) is 18.5 Å². The number of pyridine rings is 1. The molecule has 1 atom stereocenters. The van der Waals surface area contributed by atoms with Gasteiger partial charge in [0.05, 0.1) is 11.8 Å². The molecular formula is C15H24N4O4S. The van der Waals surface area contributed by atoms with Gasteiger partial charge in [0.25, 0.3) is 0 Å². The summed E-state index contributed by atoms with van der Waals surface area (Å²) in [5.74, 6) is -0.285. The van der Waals surface area contributed by atoms with Gasteiger partial charge in [0, 0.05) is 38.6 Å². The van der Waals surface area contributed by atoms with Crippen molar-refractivity contribution in [2.75, 3.05) is 39.0 Å². The Kier molecular flexibility index (Phi) is 6.67. The fourth-order valence-electron chi connectivity index (χ4n) is 2.67. The fraction of sp³-hybridized carbons (Fsp3) is 0.600. The molecule has 0 aromatic carbocycles. The van der Waals surface area contributed by atoms with Crippen LogP contribution < -0.4 is 0 Å². The van der Waals surface area contributed by atoms with E-state index in [2.05, 4.69) is 9.88 Å². The van der Waals surface area contributed by atoms with Crippen LogP contribution in [0.4, 0.5) is 0 Å². The van der Waals surface area contributed by atoms with Crippen molar-refractivity contribution in [3.63, 3.8) is 0 Å². The van der Waals surface area contributed by atoms with E-state index in [1.807, 2.05) is 13.1 Å². The largest absolute Gasteiger partial charge is 0.304 e. The molecule has 9 heteroatoms. The summed E-state index contributed by atoms with van der Waals surface area (Å²) in [7, 11) is -1.59. The van der Waals surface area contributed by atoms with E-state index in [4.69, 9.17) is 0 Å². The van der Waals surface area contributed by atoms with Crippen molar-refractivity contribution in [2.24, 2.45) is 0 Å². The molecule has 1 aliphatic heterocycles. The zero-order valence-electron chi connectivity index (χ0n) is 13.8. The molecule has 0 spiro atoms. The zero-order chi connectivity index (χ0) is 17.6. The molecule has 0 bridgehead atoms. The number of amides is 1. The van der Waals surface area contributed by atoms with Gasteiger partial charge in [0.15, 0.2) is 0 Å². The fourth-order valence-corrected chi connectivity index (χ4v) is 4.41. The van der Waals surface area contributed by atoms with Crippen LogP contribution >= 0.6 is 0 Å². The van der Waals surface area contributed by atoms with Crippen LogP contribution in [-0.4, -0.2) is 84.3 Å². The number of likely N-dealkylation sites (N-methyl/N-ethyl adjacent to an activating group) is 1. The van der Waals surface area contributed by atoms with Crippen LogP contribution in [0.2, 0.25) is 0 Å². The van der Waals surface area contributed by atoms with E-state index >= 15 is 0 Å². The Morgan fingerprint density at radius 2 is 2.08 bits per heavy atom. The van der Waals surface area contributed by atoms with E-state index in [1.165, 1.54) is 4.31 Å². The highest BCUT2D eigenvalue weighted by atomic mass is 32.2. The second-order valence-electron chi connectivity index (χ2n) is 6.02. The quantitative estimate of drug-likeness (QED) is 0.394. The number of hydroxylamine groups is 2. The standard InChI is InChI=1S/C15H24N4O4S/c1-17-7-9-18(10-8-17)24(22,23)12-15(19(21)13-20)5-4-14-3-2-6-16-11-14/h2-3,6,11,13,15,21H,4-5,7-10,12H2,1H3. The summed E-state index contributed by atoms with van der Waals surface area (Å²) in [6.45, 7) is 2.22. The first kappa shape index (κ1) is 18.8. The highest BCUT2D eigenvalue weighted by molar-refractivity contribution is 7.89. The van der Waals surface area contributed by atoms with E-state index in [9.17, 15) is 18.4 Å². The smallest absolute Gasteiger partial charge is 0.233 e. The van der Waals surface area contributed by atoms with Crippen LogP contribution in [0.3, 0.4) is 0 Å². The van der Waals surface area contributed by atoms with E-state index in [0.717, 1.165) is 5.56 Å². The SMILES string of the molecule is CN1CCN(S(=O)(=O)CC(CCc2cccnc2)N(O)C=O)CC1. The normalized spacial score (nSPS) is 18.2. The molecule has 0 aliphatic carbocycles. The molecule has 2 heterocycles. The summed E-state index contributed by atoms with van der Waals surface area (Å²) in [6, 6.07) is 2.89. The van der Waals surface area contributed by atoms with Gasteiger partial charge in [0.2, 0.25) is 16.4 Å². The summed E-state index contributed by atoms with van der Waals surface area (Å²) in [6.07, 6.45) is 4.47. The lowest BCUT2D eigenvalue weighted by atomic mass is 10.1. The van der Waals surface area contributed by atoms with Crippen LogP contribution in [0.5, 0.6) is 0 Å².